The van der Waals surface area contributed by atoms with Crippen molar-refractivity contribution in [3.8, 4) is 0 Å². The summed E-state index contributed by atoms with van der Waals surface area (Å²) in [5.41, 5.74) is 5.58. The van der Waals surface area contributed by atoms with Crippen LogP contribution in [0.5, 0.6) is 0 Å². The van der Waals surface area contributed by atoms with Gasteiger partial charge in [0.25, 0.3) is 0 Å². The number of unbranched alkanes of at least 4 members (excludes halogenated alkanes) is 2. The summed E-state index contributed by atoms with van der Waals surface area (Å²) in [5, 5.41) is 2.91. The standard InChI is InChI=1S/C12H24N2OS2/c1-9(2)10(11(13)16)12(15)14-7-5-4-6-8-17-3/h9-10H,4-8H2,1-3H3,(H2,13,16)(H,14,15). The smallest absolute Gasteiger partial charge is 0.230 e. The first-order chi connectivity index (χ1) is 8.00. The molecule has 17 heavy (non-hydrogen) atoms. The Morgan fingerprint density at radius 2 is 2.00 bits per heavy atom. The van der Waals surface area contributed by atoms with Crippen molar-refractivity contribution in [2.24, 2.45) is 17.6 Å². The van der Waals surface area contributed by atoms with E-state index in [0.717, 1.165) is 19.4 Å². The molecule has 0 radical (unpaired) electrons. The molecule has 1 unspecified atom stereocenters. The van der Waals surface area contributed by atoms with Crippen molar-refractivity contribution in [1.82, 2.24) is 5.32 Å². The Balaban J connectivity index is 3.80. The van der Waals surface area contributed by atoms with Crippen LogP contribution in [0.4, 0.5) is 0 Å². The molecule has 0 fully saturated rings. The van der Waals surface area contributed by atoms with Crippen molar-refractivity contribution < 1.29 is 4.79 Å². The van der Waals surface area contributed by atoms with Crippen molar-refractivity contribution >= 4 is 34.9 Å². The van der Waals surface area contributed by atoms with E-state index in [0.29, 0.717) is 4.99 Å². The van der Waals surface area contributed by atoms with Crippen molar-refractivity contribution in [3.63, 3.8) is 0 Å². The van der Waals surface area contributed by atoms with Crippen LogP contribution in [0.3, 0.4) is 0 Å². The summed E-state index contributed by atoms with van der Waals surface area (Å²) in [6.07, 6.45) is 5.49. The number of thioether (sulfide) groups is 1. The number of nitrogens with two attached hydrogens (primary N) is 1. The van der Waals surface area contributed by atoms with Crippen LogP contribution in [0, 0.1) is 11.8 Å². The van der Waals surface area contributed by atoms with E-state index in [9.17, 15) is 4.79 Å². The van der Waals surface area contributed by atoms with Crippen molar-refractivity contribution in [3.05, 3.63) is 0 Å². The zero-order chi connectivity index (χ0) is 13.3. The van der Waals surface area contributed by atoms with Crippen molar-refractivity contribution in [2.45, 2.75) is 33.1 Å². The van der Waals surface area contributed by atoms with Crippen LogP contribution in [0.1, 0.15) is 33.1 Å². The molecule has 0 aromatic heterocycles. The average Bonchev–Trinajstić information content (AvgIpc) is 2.22. The van der Waals surface area contributed by atoms with E-state index in [2.05, 4.69) is 11.6 Å². The average molecular weight is 276 g/mol. The topological polar surface area (TPSA) is 55.1 Å². The molecular weight excluding hydrogens is 252 g/mol. The molecule has 100 valence electrons. The normalized spacial score (nSPS) is 12.5. The molecule has 0 saturated heterocycles. The fourth-order valence-corrected chi connectivity index (χ4v) is 2.50. The summed E-state index contributed by atoms with van der Waals surface area (Å²) in [6.45, 7) is 4.64. The fraction of sp³-hybridized carbons (Fsp3) is 0.833. The Hall–Kier alpha value is -0.290. The second-order valence-corrected chi connectivity index (χ2v) is 5.93. The predicted molar refractivity (Wildman–Crippen MR) is 80.4 cm³/mol. The molecule has 0 spiro atoms. The molecule has 1 amide bonds. The van der Waals surface area contributed by atoms with Gasteiger partial charge in [-0.25, -0.2) is 0 Å². The van der Waals surface area contributed by atoms with E-state index in [1.54, 1.807) is 0 Å². The lowest BCUT2D eigenvalue weighted by atomic mass is 9.95. The summed E-state index contributed by atoms with van der Waals surface area (Å²) in [7, 11) is 0. The van der Waals surface area contributed by atoms with Gasteiger partial charge in [0, 0.05) is 6.54 Å². The molecule has 3 N–H and O–H groups in total. The molecule has 0 heterocycles. The Morgan fingerprint density at radius 3 is 2.47 bits per heavy atom. The highest BCUT2D eigenvalue weighted by molar-refractivity contribution is 7.98. The Kier molecular flexibility index (Phi) is 9.55. The van der Waals surface area contributed by atoms with Gasteiger partial charge in [0.1, 0.15) is 0 Å². The van der Waals surface area contributed by atoms with Crippen molar-refractivity contribution in [1.29, 1.82) is 0 Å². The Bertz CT molecular complexity index is 245. The fourth-order valence-electron chi connectivity index (χ4n) is 1.63. The first-order valence-corrected chi connectivity index (χ1v) is 7.86. The lowest BCUT2D eigenvalue weighted by Crippen LogP contribution is -2.41. The van der Waals surface area contributed by atoms with E-state index in [4.69, 9.17) is 18.0 Å². The monoisotopic (exact) mass is 276 g/mol. The maximum atomic E-state index is 11.8. The molecule has 0 bridgehead atoms. The van der Waals surface area contributed by atoms with Crippen LogP contribution in [0.15, 0.2) is 0 Å². The van der Waals surface area contributed by atoms with Gasteiger partial charge in [-0.2, -0.15) is 11.8 Å². The molecule has 0 aliphatic rings. The van der Waals surface area contributed by atoms with Crippen LogP contribution in [0.25, 0.3) is 0 Å². The zero-order valence-corrected chi connectivity index (χ0v) is 12.6. The number of amides is 1. The number of carbonyl (C=O) groups excluding carboxylic acids is 1. The summed E-state index contributed by atoms with van der Waals surface area (Å²) in [4.78, 5) is 12.1. The van der Waals surface area contributed by atoms with Crippen LogP contribution < -0.4 is 11.1 Å². The molecule has 0 aliphatic heterocycles. The van der Waals surface area contributed by atoms with E-state index in [1.807, 2.05) is 25.6 Å². The number of thiocarbonyl (C=S) groups is 1. The van der Waals surface area contributed by atoms with Gasteiger partial charge in [-0.3, -0.25) is 4.79 Å². The highest BCUT2D eigenvalue weighted by Gasteiger charge is 2.24. The minimum Gasteiger partial charge on any atom is -0.393 e. The van der Waals surface area contributed by atoms with E-state index >= 15 is 0 Å². The molecule has 0 aromatic rings. The largest absolute Gasteiger partial charge is 0.393 e. The van der Waals surface area contributed by atoms with Gasteiger partial charge in [0.2, 0.25) is 5.91 Å². The molecule has 0 aromatic carbocycles. The molecule has 0 rings (SSSR count). The summed E-state index contributed by atoms with van der Waals surface area (Å²) >= 11 is 6.78. The highest BCUT2D eigenvalue weighted by atomic mass is 32.2. The van der Waals surface area contributed by atoms with Crippen molar-refractivity contribution in [2.75, 3.05) is 18.6 Å². The molecule has 3 nitrogen and oxygen atoms in total. The third-order valence-corrected chi connectivity index (χ3v) is 3.53. The minimum absolute atomic E-state index is 0.0302. The van der Waals surface area contributed by atoms with Gasteiger partial charge in [-0.05, 0) is 30.8 Å². The third-order valence-electron chi connectivity index (χ3n) is 2.58. The first-order valence-electron chi connectivity index (χ1n) is 6.06. The predicted octanol–water partition coefficient (Wildman–Crippen LogP) is 2.19. The second-order valence-electron chi connectivity index (χ2n) is 4.47. The van der Waals surface area contributed by atoms with Crippen LogP contribution in [0.2, 0.25) is 0 Å². The first kappa shape index (κ1) is 16.7. The summed E-state index contributed by atoms with van der Waals surface area (Å²) in [5.74, 6) is 0.979. The molecule has 0 aliphatic carbocycles. The molecule has 0 saturated carbocycles. The van der Waals surface area contributed by atoms with Gasteiger partial charge in [0.15, 0.2) is 0 Å². The molecular formula is C12H24N2OS2. The van der Waals surface area contributed by atoms with Crippen LogP contribution >= 0.6 is 24.0 Å². The van der Waals surface area contributed by atoms with E-state index in [-0.39, 0.29) is 17.7 Å². The zero-order valence-electron chi connectivity index (χ0n) is 11.0. The van der Waals surface area contributed by atoms with Crippen LogP contribution in [-0.2, 0) is 4.79 Å². The van der Waals surface area contributed by atoms with Gasteiger partial charge in [-0.1, -0.05) is 32.5 Å². The number of carbonyl (C=O) groups is 1. The third kappa shape index (κ3) is 7.60. The van der Waals surface area contributed by atoms with Gasteiger partial charge < -0.3 is 11.1 Å². The SMILES string of the molecule is CSCCCCCNC(=O)C(C(N)=S)C(C)C. The Morgan fingerprint density at radius 1 is 1.35 bits per heavy atom. The van der Waals surface area contributed by atoms with Gasteiger partial charge in [-0.15, -0.1) is 0 Å². The second kappa shape index (κ2) is 9.71. The van der Waals surface area contributed by atoms with E-state index in [1.165, 1.54) is 12.2 Å². The number of rotatable bonds is 9. The van der Waals surface area contributed by atoms with E-state index < -0.39 is 0 Å². The van der Waals surface area contributed by atoms with Gasteiger partial charge >= 0.3 is 0 Å². The Labute approximate surface area is 114 Å². The number of nitrogens with one attached hydrogen (secondary N) is 1. The summed E-state index contributed by atoms with van der Waals surface area (Å²) < 4.78 is 0. The lowest BCUT2D eigenvalue weighted by Gasteiger charge is -2.18. The number of hydrogen-bond donors (Lipinski definition) is 2. The maximum absolute atomic E-state index is 11.8. The minimum atomic E-state index is -0.337. The van der Waals surface area contributed by atoms with Gasteiger partial charge in [0.05, 0.1) is 10.9 Å². The molecule has 1 atom stereocenters. The quantitative estimate of drug-likeness (QED) is 0.501. The van der Waals surface area contributed by atoms with Crippen LogP contribution in [-0.4, -0.2) is 29.4 Å². The number of hydrogen-bond acceptors (Lipinski definition) is 3. The molecule has 5 heteroatoms. The summed E-state index contributed by atoms with van der Waals surface area (Å²) in [6, 6.07) is 0. The lowest BCUT2D eigenvalue weighted by molar-refractivity contribution is -0.123. The highest BCUT2D eigenvalue weighted by Crippen LogP contribution is 2.11. The maximum Gasteiger partial charge on any atom is 0.230 e.